The summed E-state index contributed by atoms with van der Waals surface area (Å²) in [7, 11) is -5.79. The summed E-state index contributed by atoms with van der Waals surface area (Å²) in [4.78, 5) is 27.0. The molecular formula is C22H39N3O8Si2. The lowest BCUT2D eigenvalue weighted by Crippen LogP contribution is -2.66. The Labute approximate surface area is 209 Å². The van der Waals surface area contributed by atoms with Crippen LogP contribution in [0.5, 0.6) is 0 Å². The van der Waals surface area contributed by atoms with Gasteiger partial charge in [-0.1, -0.05) is 60.4 Å². The van der Waals surface area contributed by atoms with Gasteiger partial charge in [-0.25, -0.2) is 0 Å². The van der Waals surface area contributed by atoms with Crippen molar-refractivity contribution in [2.24, 2.45) is 0 Å². The number of nitrogens with zero attached hydrogens (tertiary/aromatic N) is 3. The average molecular weight is 530 g/mol. The van der Waals surface area contributed by atoms with Crippen LogP contribution in [0, 0.1) is 10.1 Å². The van der Waals surface area contributed by atoms with E-state index in [4.69, 9.17) is 22.4 Å². The lowest BCUT2D eigenvalue weighted by atomic mass is 10.1. The molecule has 4 atom stereocenters. The van der Waals surface area contributed by atoms with Crippen LogP contribution in [0.4, 0.5) is 5.95 Å². The van der Waals surface area contributed by atoms with Gasteiger partial charge in [0.25, 0.3) is 0 Å². The lowest BCUT2D eigenvalue weighted by Gasteiger charge is -2.51. The van der Waals surface area contributed by atoms with Crippen molar-refractivity contribution in [2.45, 2.75) is 109 Å². The highest BCUT2D eigenvalue weighted by molar-refractivity contribution is 6.84. The van der Waals surface area contributed by atoms with Crippen LogP contribution in [0.25, 0.3) is 0 Å². The van der Waals surface area contributed by atoms with Gasteiger partial charge in [0.15, 0.2) is 6.10 Å². The minimum atomic E-state index is -3.00. The Bertz CT molecular complexity index is 906. The van der Waals surface area contributed by atoms with Crippen molar-refractivity contribution < 1.29 is 32.2 Å². The summed E-state index contributed by atoms with van der Waals surface area (Å²) in [6.07, 6.45) is -0.470. The molecule has 0 aromatic carbocycles. The van der Waals surface area contributed by atoms with Crippen molar-refractivity contribution >= 4 is 29.0 Å². The van der Waals surface area contributed by atoms with Crippen molar-refractivity contribution in [3.05, 3.63) is 22.5 Å². The molecule has 0 bridgehead atoms. The van der Waals surface area contributed by atoms with Gasteiger partial charge in [-0.2, -0.15) is 4.57 Å². The fourth-order valence-electron chi connectivity index (χ4n) is 5.31. The molecule has 3 rings (SSSR count). The Balaban J connectivity index is 2.15. The number of rotatable bonds is 7. The number of hydrogen-bond acceptors (Lipinski definition) is 9. The number of hydrogen-bond donors (Lipinski definition) is 0. The van der Waals surface area contributed by atoms with E-state index < -0.39 is 58.5 Å². The van der Waals surface area contributed by atoms with Crippen LogP contribution in [0.15, 0.2) is 12.4 Å². The van der Waals surface area contributed by atoms with Crippen LogP contribution >= 0.6 is 0 Å². The summed E-state index contributed by atoms with van der Waals surface area (Å²) in [5.41, 5.74) is 0.439. The van der Waals surface area contributed by atoms with Crippen LogP contribution in [0.1, 0.15) is 68.5 Å². The second-order valence-electron chi connectivity index (χ2n) is 10.6. The number of esters is 1. The first kappa shape index (κ1) is 27.9. The van der Waals surface area contributed by atoms with Crippen LogP contribution < -0.4 is 0 Å². The first-order valence-electron chi connectivity index (χ1n) is 12.3. The van der Waals surface area contributed by atoms with Gasteiger partial charge >= 0.3 is 29.0 Å². The molecule has 2 fully saturated rings. The summed E-state index contributed by atoms with van der Waals surface area (Å²) < 4.78 is 34.2. The van der Waals surface area contributed by atoms with E-state index in [0.717, 1.165) is 0 Å². The number of carbonyl (C=O) groups is 1. The predicted molar refractivity (Wildman–Crippen MR) is 132 cm³/mol. The first-order valence-corrected chi connectivity index (χ1v) is 16.2. The molecule has 0 radical (unpaired) electrons. The number of fused-ring (bicyclic) bond motifs is 1. The van der Waals surface area contributed by atoms with E-state index in [9.17, 15) is 14.9 Å². The monoisotopic (exact) mass is 529 g/mol. The van der Waals surface area contributed by atoms with E-state index in [1.165, 1.54) is 23.9 Å². The smallest absolute Gasteiger partial charge is 0.436 e. The van der Waals surface area contributed by atoms with E-state index >= 15 is 0 Å². The summed E-state index contributed by atoms with van der Waals surface area (Å²) in [6, 6.07) is 0. The molecule has 13 heteroatoms. The summed E-state index contributed by atoms with van der Waals surface area (Å²) in [6.45, 7) is 18.3. The second kappa shape index (κ2) is 10.4. The van der Waals surface area contributed by atoms with Crippen LogP contribution in [-0.2, 0) is 27.2 Å². The van der Waals surface area contributed by atoms with E-state index in [-0.39, 0.29) is 28.8 Å². The van der Waals surface area contributed by atoms with Crippen molar-refractivity contribution in [1.29, 1.82) is 0 Å². The highest BCUT2D eigenvalue weighted by Crippen LogP contribution is 2.49. The van der Waals surface area contributed by atoms with Crippen molar-refractivity contribution in [3.63, 3.8) is 0 Å². The quantitative estimate of drug-likeness (QED) is 0.216. The van der Waals surface area contributed by atoms with E-state index in [1.54, 1.807) is 0 Å². The Morgan fingerprint density at radius 3 is 2.17 bits per heavy atom. The van der Waals surface area contributed by atoms with Crippen LogP contribution in [-0.4, -0.2) is 62.5 Å². The second-order valence-corrected chi connectivity index (χ2v) is 19.4. The Morgan fingerprint density at radius 1 is 1.11 bits per heavy atom. The van der Waals surface area contributed by atoms with Crippen LogP contribution in [0.3, 0.4) is 0 Å². The van der Waals surface area contributed by atoms with Gasteiger partial charge in [0, 0.05) is 6.92 Å². The fraction of sp³-hybridized carbons (Fsp3) is 0.818. The number of ether oxygens (including phenoxy) is 2. The number of carbonyl (C=O) groups excluding carboxylic acids is 1. The minimum absolute atomic E-state index is 0.0637. The number of aromatic nitrogens is 2. The third kappa shape index (κ3) is 4.98. The molecule has 35 heavy (non-hydrogen) atoms. The van der Waals surface area contributed by atoms with Gasteiger partial charge in [0.05, 0.1) is 6.61 Å². The maximum Gasteiger partial charge on any atom is 0.436 e. The Kier molecular flexibility index (Phi) is 8.28. The Morgan fingerprint density at radius 2 is 1.69 bits per heavy atom. The lowest BCUT2D eigenvalue weighted by molar-refractivity contribution is -0.398. The third-order valence-electron chi connectivity index (χ3n) is 7.00. The first-order chi connectivity index (χ1) is 16.3. The molecular weight excluding hydrogens is 490 g/mol. The number of nitro groups is 1. The minimum Gasteiger partial charge on any atom is -0.453 e. The molecule has 0 spiro atoms. The average Bonchev–Trinajstić information content (AvgIpc) is 3.32. The van der Waals surface area contributed by atoms with Gasteiger partial charge in [0.2, 0.25) is 6.23 Å². The zero-order valence-corrected chi connectivity index (χ0v) is 24.1. The third-order valence-corrected chi connectivity index (χ3v) is 17.3. The van der Waals surface area contributed by atoms with Crippen molar-refractivity contribution in [2.75, 3.05) is 6.61 Å². The molecule has 2 aliphatic rings. The highest BCUT2D eigenvalue weighted by atomic mass is 28.5. The summed E-state index contributed by atoms with van der Waals surface area (Å²) in [5, 5.41) is 11.6. The molecule has 0 aliphatic carbocycles. The highest BCUT2D eigenvalue weighted by Gasteiger charge is 2.63. The van der Waals surface area contributed by atoms with E-state index in [2.05, 4.69) is 60.4 Å². The molecule has 198 valence electrons. The molecule has 0 saturated carbocycles. The fourth-order valence-corrected chi connectivity index (χ4v) is 16.5. The zero-order valence-electron chi connectivity index (χ0n) is 22.1. The largest absolute Gasteiger partial charge is 0.453 e. The SMILES string of the molecule is CC(=O)O[C@@H]1[C@@H]2O[Si](C(C)C)(C(C)C)O[Si](C(C)C)(C(C)C)OC[C@H]2O[C@H]1n1ccnc1[N+](=O)[O-]. The number of imidazole rings is 1. The molecule has 2 aliphatic heterocycles. The van der Waals surface area contributed by atoms with Gasteiger partial charge in [-0.3, -0.25) is 4.79 Å². The van der Waals surface area contributed by atoms with Crippen LogP contribution in [0.2, 0.25) is 22.2 Å². The van der Waals surface area contributed by atoms with E-state index in [0.29, 0.717) is 0 Å². The molecule has 0 unspecified atom stereocenters. The molecule has 1 aromatic heterocycles. The van der Waals surface area contributed by atoms with Gasteiger partial charge in [-0.15, -0.1) is 0 Å². The van der Waals surface area contributed by atoms with E-state index in [1.807, 2.05) is 0 Å². The molecule has 3 heterocycles. The molecule has 0 N–H and O–H groups in total. The van der Waals surface area contributed by atoms with Gasteiger partial charge in [0.1, 0.15) is 24.6 Å². The molecule has 11 nitrogen and oxygen atoms in total. The van der Waals surface area contributed by atoms with Crippen molar-refractivity contribution in [3.8, 4) is 0 Å². The summed E-state index contributed by atoms with van der Waals surface area (Å²) >= 11 is 0. The summed E-state index contributed by atoms with van der Waals surface area (Å²) in [5.74, 6) is -0.933. The molecule has 0 amide bonds. The maximum atomic E-state index is 12.1. The Hall–Kier alpha value is -1.65. The van der Waals surface area contributed by atoms with Crippen molar-refractivity contribution in [1.82, 2.24) is 9.55 Å². The van der Waals surface area contributed by atoms with Gasteiger partial charge < -0.3 is 32.6 Å². The normalized spacial score (nSPS) is 28.3. The molecule has 2 saturated heterocycles. The molecule has 1 aromatic rings. The standard InChI is InChI=1S/C22H39N3O8Si2/c1-13(2)34(14(3)4)29-12-18-19(32-35(33-34,15(5)6)16(7)8)20(30-17(9)26)21(31-18)24-11-10-23-22(24)25(27)28/h10-11,13-16,18-21H,12H2,1-9H3/t18-,19-,20-,21-/m1/s1. The zero-order chi connectivity index (χ0) is 26.3. The predicted octanol–water partition coefficient (Wildman–Crippen LogP) is 4.58. The maximum absolute atomic E-state index is 12.1. The van der Waals surface area contributed by atoms with Gasteiger partial charge in [-0.05, 0) is 27.1 Å². The topological polar surface area (TPSA) is 124 Å².